The Morgan fingerprint density at radius 2 is 1.97 bits per heavy atom. The van der Waals surface area contributed by atoms with Gasteiger partial charge in [-0.15, -0.1) is 0 Å². The molecule has 0 saturated carbocycles. The number of nitrogens with one attached hydrogen (secondary N) is 2. The number of carbonyl (C=O) groups is 1. The first-order valence-electron chi connectivity index (χ1n) is 10.7. The Labute approximate surface area is 182 Å². The molecule has 10 nitrogen and oxygen atoms in total. The molecule has 31 heavy (non-hydrogen) atoms. The van der Waals surface area contributed by atoms with Gasteiger partial charge in [-0.2, -0.15) is 5.10 Å². The Morgan fingerprint density at radius 3 is 2.68 bits per heavy atom. The van der Waals surface area contributed by atoms with Gasteiger partial charge in [0.2, 0.25) is 5.91 Å². The van der Waals surface area contributed by atoms with Gasteiger partial charge in [0.05, 0.1) is 19.8 Å². The molecule has 1 aromatic heterocycles. The van der Waals surface area contributed by atoms with E-state index in [0.717, 1.165) is 49.1 Å². The third kappa shape index (κ3) is 5.59. The largest absolute Gasteiger partial charge is 0.378 e. The number of aromatic nitrogens is 3. The summed E-state index contributed by atoms with van der Waals surface area (Å²) in [6.45, 7) is 7.21. The molecule has 1 aromatic carbocycles. The maximum absolute atomic E-state index is 12.5. The van der Waals surface area contributed by atoms with Crippen LogP contribution in [0.5, 0.6) is 0 Å². The molecule has 10 heteroatoms. The summed E-state index contributed by atoms with van der Waals surface area (Å²) in [6, 6.07) is 8.20. The molecule has 2 aliphatic heterocycles. The summed E-state index contributed by atoms with van der Waals surface area (Å²) in [5.41, 5.74) is 2.15. The molecule has 1 amide bonds. The Morgan fingerprint density at radius 1 is 1.16 bits per heavy atom. The SMILES string of the molecule is CN=C(NCc1cccc(-c2ncn[nH]2)c1)N1CCN(CC(=O)N2CCOCC2)CC1. The molecule has 0 radical (unpaired) electrons. The lowest BCUT2D eigenvalue weighted by Gasteiger charge is -2.37. The van der Waals surface area contributed by atoms with Crippen molar-refractivity contribution in [2.24, 2.45) is 4.99 Å². The zero-order valence-electron chi connectivity index (χ0n) is 18.0. The molecule has 2 aromatic rings. The van der Waals surface area contributed by atoms with Crippen LogP contribution < -0.4 is 5.32 Å². The first kappa shape index (κ1) is 21.3. The van der Waals surface area contributed by atoms with Crippen molar-refractivity contribution < 1.29 is 9.53 Å². The first-order valence-corrected chi connectivity index (χ1v) is 10.7. The van der Waals surface area contributed by atoms with E-state index in [2.05, 4.69) is 47.4 Å². The Hall–Kier alpha value is -2.98. The molecule has 0 spiro atoms. The number of piperazine rings is 1. The van der Waals surface area contributed by atoms with E-state index in [1.54, 1.807) is 0 Å². The quantitative estimate of drug-likeness (QED) is 0.513. The summed E-state index contributed by atoms with van der Waals surface area (Å²) in [4.78, 5) is 27.5. The molecule has 2 fully saturated rings. The predicted molar refractivity (Wildman–Crippen MR) is 117 cm³/mol. The van der Waals surface area contributed by atoms with Crippen LogP contribution in [0.3, 0.4) is 0 Å². The Kier molecular flexibility index (Phi) is 7.11. The van der Waals surface area contributed by atoms with Gasteiger partial charge in [-0.3, -0.25) is 19.8 Å². The minimum atomic E-state index is 0.200. The monoisotopic (exact) mass is 426 g/mol. The second-order valence-electron chi connectivity index (χ2n) is 7.69. The van der Waals surface area contributed by atoms with Gasteiger partial charge in [-0.1, -0.05) is 18.2 Å². The van der Waals surface area contributed by atoms with Gasteiger partial charge >= 0.3 is 0 Å². The number of aliphatic imine (C=N–C) groups is 1. The highest BCUT2D eigenvalue weighted by Gasteiger charge is 2.24. The zero-order chi connectivity index (χ0) is 21.5. The van der Waals surface area contributed by atoms with E-state index in [9.17, 15) is 4.79 Å². The van der Waals surface area contributed by atoms with Crippen molar-refractivity contribution in [3.8, 4) is 11.4 Å². The fraction of sp³-hybridized carbons (Fsp3) is 0.524. The Bertz CT molecular complexity index is 871. The van der Waals surface area contributed by atoms with E-state index in [-0.39, 0.29) is 5.91 Å². The molecule has 2 N–H and O–H groups in total. The number of aromatic amines is 1. The summed E-state index contributed by atoms with van der Waals surface area (Å²) in [7, 11) is 1.81. The topological polar surface area (TPSA) is 102 Å². The average Bonchev–Trinajstić information content (AvgIpc) is 3.36. The highest BCUT2D eigenvalue weighted by molar-refractivity contribution is 5.80. The number of guanidine groups is 1. The number of ether oxygens (including phenoxy) is 1. The van der Waals surface area contributed by atoms with Crippen LogP contribution in [0.15, 0.2) is 35.6 Å². The van der Waals surface area contributed by atoms with Gasteiger partial charge in [0.25, 0.3) is 0 Å². The van der Waals surface area contributed by atoms with Crippen molar-refractivity contribution in [2.45, 2.75) is 6.54 Å². The van der Waals surface area contributed by atoms with Gasteiger partial charge in [0.15, 0.2) is 11.8 Å². The molecule has 2 saturated heterocycles. The molecular formula is C21H30N8O2. The van der Waals surface area contributed by atoms with Crippen LogP contribution in [0.1, 0.15) is 5.56 Å². The van der Waals surface area contributed by atoms with E-state index in [4.69, 9.17) is 4.74 Å². The molecule has 2 aliphatic rings. The lowest BCUT2D eigenvalue weighted by molar-refractivity contribution is -0.136. The van der Waals surface area contributed by atoms with Crippen LogP contribution in [0, 0.1) is 0 Å². The van der Waals surface area contributed by atoms with Crippen LogP contribution >= 0.6 is 0 Å². The minimum Gasteiger partial charge on any atom is -0.378 e. The highest BCUT2D eigenvalue weighted by Crippen LogP contribution is 2.15. The van der Waals surface area contributed by atoms with Gasteiger partial charge < -0.3 is 19.9 Å². The summed E-state index contributed by atoms with van der Waals surface area (Å²) in [5, 5.41) is 10.3. The number of morpholine rings is 1. The third-order valence-electron chi connectivity index (χ3n) is 5.67. The fourth-order valence-corrected chi connectivity index (χ4v) is 3.91. The van der Waals surface area contributed by atoms with Gasteiger partial charge in [0.1, 0.15) is 6.33 Å². The van der Waals surface area contributed by atoms with Crippen molar-refractivity contribution in [3.63, 3.8) is 0 Å². The van der Waals surface area contributed by atoms with Crippen molar-refractivity contribution >= 4 is 11.9 Å². The fourth-order valence-electron chi connectivity index (χ4n) is 3.91. The van der Waals surface area contributed by atoms with E-state index in [1.165, 1.54) is 6.33 Å². The minimum absolute atomic E-state index is 0.200. The normalized spacial score (nSPS) is 18.3. The van der Waals surface area contributed by atoms with E-state index < -0.39 is 0 Å². The van der Waals surface area contributed by atoms with Crippen molar-refractivity contribution in [2.75, 3.05) is 66.1 Å². The van der Waals surface area contributed by atoms with Crippen LogP contribution in [0.4, 0.5) is 0 Å². The number of H-pyrrole nitrogens is 1. The van der Waals surface area contributed by atoms with Crippen molar-refractivity contribution in [1.29, 1.82) is 0 Å². The molecule has 0 atom stereocenters. The maximum atomic E-state index is 12.5. The number of amides is 1. The lowest BCUT2D eigenvalue weighted by Crippen LogP contribution is -2.54. The smallest absolute Gasteiger partial charge is 0.236 e. The molecular weight excluding hydrogens is 396 g/mol. The summed E-state index contributed by atoms with van der Waals surface area (Å²) in [5.74, 6) is 1.84. The number of hydrogen-bond acceptors (Lipinski definition) is 6. The number of rotatable bonds is 5. The molecule has 0 unspecified atom stereocenters. The second kappa shape index (κ2) is 10.4. The Balaban J connectivity index is 1.25. The molecule has 4 rings (SSSR count). The molecule has 166 valence electrons. The van der Waals surface area contributed by atoms with Gasteiger partial charge in [-0.05, 0) is 11.6 Å². The van der Waals surface area contributed by atoms with Gasteiger partial charge in [-0.25, -0.2) is 4.98 Å². The molecule has 0 aliphatic carbocycles. The van der Waals surface area contributed by atoms with E-state index in [0.29, 0.717) is 39.4 Å². The van der Waals surface area contributed by atoms with E-state index >= 15 is 0 Å². The van der Waals surface area contributed by atoms with E-state index in [1.807, 2.05) is 24.1 Å². The highest BCUT2D eigenvalue weighted by atomic mass is 16.5. The maximum Gasteiger partial charge on any atom is 0.236 e. The predicted octanol–water partition coefficient (Wildman–Crippen LogP) is 0.0235. The average molecular weight is 427 g/mol. The van der Waals surface area contributed by atoms with Crippen LogP contribution in [-0.2, 0) is 16.1 Å². The van der Waals surface area contributed by atoms with Gasteiger partial charge in [0, 0.05) is 58.4 Å². The number of carbonyl (C=O) groups excluding carboxylic acids is 1. The van der Waals surface area contributed by atoms with Crippen LogP contribution in [0.25, 0.3) is 11.4 Å². The van der Waals surface area contributed by atoms with Crippen molar-refractivity contribution in [1.82, 2.24) is 35.2 Å². The zero-order valence-corrected chi connectivity index (χ0v) is 18.0. The third-order valence-corrected chi connectivity index (χ3v) is 5.67. The van der Waals surface area contributed by atoms with Crippen molar-refractivity contribution in [3.05, 3.63) is 36.2 Å². The number of nitrogens with zero attached hydrogens (tertiary/aromatic N) is 6. The van der Waals surface area contributed by atoms with Crippen LogP contribution in [0.2, 0.25) is 0 Å². The number of benzene rings is 1. The summed E-state index contributed by atoms with van der Waals surface area (Å²) in [6.07, 6.45) is 1.51. The molecule has 3 heterocycles. The number of hydrogen-bond donors (Lipinski definition) is 2. The standard InChI is InChI=1S/C21H30N8O2/c1-22-21(23-14-17-3-2-4-18(13-17)20-24-16-25-26-20)29-7-5-27(6-8-29)15-19(30)28-9-11-31-12-10-28/h2-4,13,16H,5-12,14-15H2,1H3,(H,22,23)(H,24,25,26). The lowest BCUT2D eigenvalue weighted by atomic mass is 10.1. The summed E-state index contributed by atoms with van der Waals surface area (Å²) < 4.78 is 5.33. The van der Waals surface area contributed by atoms with Crippen LogP contribution in [-0.4, -0.2) is 108 Å². The first-order chi connectivity index (χ1) is 15.2. The molecule has 0 bridgehead atoms. The summed E-state index contributed by atoms with van der Waals surface area (Å²) >= 11 is 0. The second-order valence-corrected chi connectivity index (χ2v) is 7.69.